The van der Waals surface area contributed by atoms with Crippen LogP contribution in [0, 0.1) is 0 Å². The Kier molecular flexibility index (Phi) is 4.98. The fraction of sp³-hybridized carbons (Fsp3) is 0.312. The number of aryl methyl sites for hydroxylation is 1. The summed E-state index contributed by atoms with van der Waals surface area (Å²) >= 11 is 0. The quantitative estimate of drug-likeness (QED) is 0.916. The maximum absolute atomic E-state index is 12.8. The van der Waals surface area contributed by atoms with Crippen molar-refractivity contribution in [1.29, 1.82) is 0 Å². The monoisotopic (exact) mass is 326 g/mol. The van der Waals surface area contributed by atoms with Crippen LogP contribution in [0.15, 0.2) is 41.3 Å². The molecule has 0 saturated carbocycles. The zero-order chi connectivity index (χ0) is 17.0. The lowest BCUT2D eigenvalue weighted by Crippen LogP contribution is -2.16. The van der Waals surface area contributed by atoms with E-state index in [2.05, 4.69) is 5.32 Å². The lowest BCUT2D eigenvalue weighted by molar-refractivity contribution is -0.137. The van der Waals surface area contributed by atoms with Crippen molar-refractivity contribution in [1.82, 2.24) is 4.57 Å². The molecular formula is C16H17F3N2O2. The normalized spacial score (nSPS) is 11.3. The number of ether oxygens (including phenoxy) is 1. The molecule has 0 amide bonds. The number of hydrogen-bond acceptors (Lipinski definition) is 3. The predicted molar refractivity (Wildman–Crippen MR) is 81.6 cm³/mol. The fourth-order valence-corrected chi connectivity index (χ4v) is 2.02. The zero-order valence-electron chi connectivity index (χ0n) is 12.8. The van der Waals surface area contributed by atoms with Crippen molar-refractivity contribution in [2.24, 2.45) is 7.05 Å². The summed E-state index contributed by atoms with van der Waals surface area (Å²) in [6.07, 6.45) is -2.82. The molecule has 0 aliphatic rings. The Morgan fingerprint density at radius 2 is 1.96 bits per heavy atom. The van der Waals surface area contributed by atoms with Crippen molar-refractivity contribution >= 4 is 5.69 Å². The summed E-state index contributed by atoms with van der Waals surface area (Å²) < 4.78 is 45.3. The summed E-state index contributed by atoms with van der Waals surface area (Å²) in [6, 6.07) is 6.43. The molecule has 1 aromatic carbocycles. The largest absolute Gasteiger partial charge is 0.492 e. The van der Waals surface area contributed by atoms with Crippen LogP contribution >= 0.6 is 0 Å². The highest BCUT2D eigenvalue weighted by atomic mass is 19.4. The van der Waals surface area contributed by atoms with E-state index in [0.717, 1.165) is 12.1 Å². The van der Waals surface area contributed by atoms with Gasteiger partial charge in [-0.15, -0.1) is 0 Å². The van der Waals surface area contributed by atoms with Gasteiger partial charge in [-0.3, -0.25) is 4.79 Å². The molecule has 0 unspecified atom stereocenters. The second-order valence-corrected chi connectivity index (χ2v) is 4.98. The minimum Gasteiger partial charge on any atom is -0.492 e. The summed E-state index contributed by atoms with van der Waals surface area (Å²) in [6.45, 7) is 2.31. The summed E-state index contributed by atoms with van der Waals surface area (Å²) in [7, 11) is 1.62. The molecule has 2 aromatic rings. The van der Waals surface area contributed by atoms with Crippen molar-refractivity contribution in [3.8, 4) is 5.75 Å². The molecule has 0 spiro atoms. The highest BCUT2D eigenvalue weighted by molar-refractivity contribution is 5.58. The van der Waals surface area contributed by atoms with Crippen LogP contribution < -0.4 is 15.6 Å². The van der Waals surface area contributed by atoms with E-state index in [4.69, 9.17) is 4.74 Å². The smallest absolute Gasteiger partial charge is 0.416 e. The van der Waals surface area contributed by atoms with E-state index in [1.165, 1.54) is 16.7 Å². The van der Waals surface area contributed by atoms with Gasteiger partial charge in [0.05, 0.1) is 17.9 Å². The molecule has 23 heavy (non-hydrogen) atoms. The van der Waals surface area contributed by atoms with Crippen LogP contribution in [-0.2, 0) is 19.8 Å². The van der Waals surface area contributed by atoms with Crippen molar-refractivity contribution in [3.63, 3.8) is 0 Å². The first kappa shape index (κ1) is 16.9. The highest BCUT2D eigenvalue weighted by Crippen LogP contribution is 2.35. The number of halogens is 3. The van der Waals surface area contributed by atoms with Crippen LogP contribution in [0.5, 0.6) is 5.75 Å². The van der Waals surface area contributed by atoms with Gasteiger partial charge >= 0.3 is 6.18 Å². The van der Waals surface area contributed by atoms with E-state index in [1.54, 1.807) is 26.2 Å². The summed E-state index contributed by atoms with van der Waals surface area (Å²) in [5.41, 5.74) is -0.0267. The average molecular weight is 326 g/mol. The Labute approximate surface area is 131 Å². The lowest BCUT2D eigenvalue weighted by Gasteiger charge is -2.15. The molecular weight excluding hydrogens is 309 g/mol. The molecule has 0 aliphatic heterocycles. The van der Waals surface area contributed by atoms with E-state index in [9.17, 15) is 18.0 Å². The first-order valence-corrected chi connectivity index (χ1v) is 7.04. The van der Waals surface area contributed by atoms with Gasteiger partial charge in [0.25, 0.3) is 5.56 Å². The van der Waals surface area contributed by atoms with Crippen LogP contribution in [0.1, 0.15) is 18.1 Å². The van der Waals surface area contributed by atoms with E-state index in [-0.39, 0.29) is 17.8 Å². The Balaban J connectivity index is 2.25. The molecule has 0 saturated heterocycles. The minimum absolute atomic E-state index is 0.182. The Hall–Kier alpha value is -2.44. The minimum atomic E-state index is -4.43. The van der Waals surface area contributed by atoms with Crippen LogP contribution in [-0.4, -0.2) is 11.2 Å². The Morgan fingerprint density at radius 1 is 1.22 bits per heavy atom. The number of benzene rings is 1. The Bertz CT molecular complexity index is 739. The van der Waals surface area contributed by atoms with Gasteiger partial charge in [0.2, 0.25) is 0 Å². The zero-order valence-corrected chi connectivity index (χ0v) is 12.8. The van der Waals surface area contributed by atoms with Gasteiger partial charge in [0.15, 0.2) is 0 Å². The molecule has 0 bridgehead atoms. The highest BCUT2D eigenvalue weighted by Gasteiger charge is 2.31. The number of anilines is 1. The van der Waals surface area contributed by atoms with Crippen molar-refractivity contribution in [3.05, 3.63) is 58.0 Å². The van der Waals surface area contributed by atoms with Crippen molar-refractivity contribution in [2.45, 2.75) is 19.6 Å². The van der Waals surface area contributed by atoms with E-state index >= 15 is 0 Å². The first-order valence-electron chi connectivity index (χ1n) is 7.04. The molecule has 1 N–H and O–H groups in total. The predicted octanol–water partition coefficient (Wildman–Crippen LogP) is 3.41. The molecule has 0 atom stereocenters. The average Bonchev–Trinajstić information content (AvgIpc) is 2.49. The lowest BCUT2D eigenvalue weighted by atomic mass is 10.1. The maximum Gasteiger partial charge on any atom is 0.416 e. The third kappa shape index (κ3) is 4.28. The van der Waals surface area contributed by atoms with Crippen molar-refractivity contribution < 1.29 is 17.9 Å². The molecule has 124 valence electrons. The number of hydrogen-bond donors (Lipinski definition) is 1. The van der Waals surface area contributed by atoms with Gasteiger partial charge in [-0.05, 0) is 36.8 Å². The number of pyridine rings is 1. The van der Waals surface area contributed by atoms with E-state index in [1.807, 2.05) is 0 Å². The third-order valence-electron chi connectivity index (χ3n) is 3.26. The molecule has 0 aliphatic carbocycles. The van der Waals surface area contributed by atoms with Crippen LogP contribution in [0.2, 0.25) is 0 Å². The number of alkyl halides is 3. The van der Waals surface area contributed by atoms with E-state index in [0.29, 0.717) is 17.9 Å². The standard InChI is InChI=1S/C16H17F3N2O2/c1-3-23-14-5-4-12(16(17,18)19)9-13(14)20-10-11-6-7-21(2)15(22)8-11/h4-9,20H,3,10H2,1-2H3. The molecule has 1 aromatic heterocycles. The molecule has 1 heterocycles. The second-order valence-electron chi connectivity index (χ2n) is 4.98. The number of aromatic nitrogens is 1. The molecule has 4 nitrogen and oxygen atoms in total. The molecule has 0 fully saturated rings. The summed E-state index contributed by atoms with van der Waals surface area (Å²) in [5.74, 6) is 0.337. The topological polar surface area (TPSA) is 43.3 Å². The van der Waals surface area contributed by atoms with Crippen LogP contribution in [0.3, 0.4) is 0 Å². The number of nitrogens with zero attached hydrogens (tertiary/aromatic N) is 1. The Morgan fingerprint density at radius 3 is 2.57 bits per heavy atom. The van der Waals surface area contributed by atoms with Gasteiger partial charge in [-0.1, -0.05) is 0 Å². The third-order valence-corrected chi connectivity index (χ3v) is 3.26. The first-order chi connectivity index (χ1) is 10.8. The molecule has 2 rings (SSSR count). The fourth-order valence-electron chi connectivity index (χ4n) is 2.02. The van der Waals surface area contributed by atoms with Gasteiger partial charge in [-0.25, -0.2) is 0 Å². The van der Waals surface area contributed by atoms with Gasteiger partial charge in [0, 0.05) is 25.9 Å². The maximum atomic E-state index is 12.8. The van der Waals surface area contributed by atoms with Gasteiger partial charge in [0.1, 0.15) is 5.75 Å². The molecule has 0 radical (unpaired) electrons. The van der Waals surface area contributed by atoms with Crippen LogP contribution in [0.25, 0.3) is 0 Å². The summed E-state index contributed by atoms with van der Waals surface area (Å²) in [4.78, 5) is 11.6. The van der Waals surface area contributed by atoms with Crippen molar-refractivity contribution in [2.75, 3.05) is 11.9 Å². The number of rotatable bonds is 5. The number of nitrogens with one attached hydrogen (secondary N) is 1. The summed E-state index contributed by atoms with van der Waals surface area (Å²) in [5, 5.41) is 2.90. The molecule has 7 heteroatoms. The SMILES string of the molecule is CCOc1ccc(C(F)(F)F)cc1NCc1ccn(C)c(=O)c1. The van der Waals surface area contributed by atoms with Gasteiger partial charge in [-0.2, -0.15) is 13.2 Å². The second kappa shape index (κ2) is 6.76. The van der Waals surface area contributed by atoms with Crippen LogP contribution in [0.4, 0.5) is 18.9 Å². The van der Waals surface area contributed by atoms with E-state index < -0.39 is 11.7 Å². The van der Waals surface area contributed by atoms with Gasteiger partial charge < -0.3 is 14.6 Å².